The summed E-state index contributed by atoms with van der Waals surface area (Å²) in [7, 11) is 0. The molecule has 0 N–H and O–H groups in total. The number of esters is 2. The Kier molecular flexibility index (Phi) is 6.16. The molecule has 1 aliphatic heterocycles. The van der Waals surface area contributed by atoms with E-state index >= 15 is 0 Å². The minimum absolute atomic E-state index is 0.0103. The number of ether oxygens (including phenoxy) is 2. The molecule has 1 fully saturated rings. The van der Waals surface area contributed by atoms with Gasteiger partial charge >= 0.3 is 11.9 Å². The van der Waals surface area contributed by atoms with Crippen LogP contribution in [0.4, 0.5) is 4.39 Å². The molecule has 0 aliphatic carbocycles. The zero-order chi connectivity index (χ0) is 19.4. The number of halogens is 1. The monoisotopic (exact) mass is 388 g/mol. The maximum absolute atomic E-state index is 14.2. The van der Waals surface area contributed by atoms with E-state index < -0.39 is 29.5 Å². The van der Waals surface area contributed by atoms with Crippen LogP contribution in [0.3, 0.4) is 0 Å². The van der Waals surface area contributed by atoms with Crippen LogP contribution in [0.15, 0.2) is 48.5 Å². The minimum Gasteiger partial charge on any atom is -0.461 e. The first-order valence-corrected chi connectivity index (χ1v) is 9.76. The number of carbonyl (C=O) groups excluding carboxylic acids is 2. The Bertz CT molecular complexity index is 804. The smallest absolute Gasteiger partial charge is 0.338 e. The van der Waals surface area contributed by atoms with E-state index in [0.717, 1.165) is 11.1 Å². The van der Waals surface area contributed by atoms with Crippen molar-refractivity contribution in [1.82, 2.24) is 0 Å². The van der Waals surface area contributed by atoms with E-state index in [0.29, 0.717) is 11.1 Å². The summed E-state index contributed by atoms with van der Waals surface area (Å²) in [5.74, 6) is -0.833. The third kappa shape index (κ3) is 4.89. The zero-order valence-corrected chi connectivity index (χ0v) is 16.0. The highest BCUT2D eigenvalue weighted by atomic mass is 32.2. The second-order valence-electron chi connectivity index (χ2n) is 6.59. The van der Waals surface area contributed by atoms with Crippen molar-refractivity contribution in [2.24, 2.45) is 0 Å². The van der Waals surface area contributed by atoms with E-state index in [4.69, 9.17) is 9.47 Å². The second-order valence-corrected chi connectivity index (χ2v) is 7.86. The van der Waals surface area contributed by atoms with Crippen LogP contribution in [-0.4, -0.2) is 41.8 Å². The van der Waals surface area contributed by atoms with Crippen LogP contribution >= 0.6 is 11.8 Å². The van der Waals surface area contributed by atoms with Crippen molar-refractivity contribution in [3.63, 3.8) is 0 Å². The van der Waals surface area contributed by atoms with Gasteiger partial charge in [-0.25, -0.2) is 14.0 Å². The van der Waals surface area contributed by atoms with Crippen molar-refractivity contribution in [3.8, 4) is 0 Å². The second kappa shape index (κ2) is 8.57. The van der Waals surface area contributed by atoms with Gasteiger partial charge in [-0.1, -0.05) is 35.4 Å². The lowest BCUT2D eigenvalue weighted by atomic mass is 10.1. The fourth-order valence-electron chi connectivity index (χ4n) is 2.74. The van der Waals surface area contributed by atoms with Crippen molar-refractivity contribution in [3.05, 3.63) is 70.8 Å². The topological polar surface area (TPSA) is 52.6 Å². The fraction of sp³-hybridized carbons (Fsp3) is 0.333. The van der Waals surface area contributed by atoms with Crippen molar-refractivity contribution < 1.29 is 23.5 Å². The number of alkyl halides is 1. The largest absolute Gasteiger partial charge is 0.461 e. The Balaban J connectivity index is 1.59. The molecule has 3 atom stereocenters. The molecule has 2 aromatic carbocycles. The molecule has 2 aromatic rings. The molecule has 142 valence electrons. The molecule has 1 aliphatic rings. The lowest BCUT2D eigenvalue weighted by Crippen LogP contribution is -2.35. The van der Waals surface area contributed by atoms with Crippen LogP contribution in [0.5, 0.6) is 0 Å². The molecule has 1 saturated heterocycles. The molecular formula is C21H21FO4S. The zero-order valence-electron chi connectivity index (χ0n) is 15.2. The number of thioether (sulfide) groups is 1. The molecule has 0 bridgehead atoms. The number of hydrogen-bond acceptors (Lipinski definition) is 5. The number of benzene rings is 2. The summed E-state index contributed by atoms with van der Waals surface area (Å²) in [6, 6.07) is 13.9. The van der Waals surface area contributed by atoms with Crippen molar-refractivity contribution >= 4 is 23.7 Å². The Labute approximate surface area is 162 Å². The normalized spacial score (nSPS) is 21.7. The van der Waals surface area contributed by atoms with Gasteiger partial charge in [0, 0.05) is 5.75 Å². The first-order chi connectivity index (χ1) is 12.9. The maximum Gasteiger partial charge on any atom is 0.338 e. The number of hydrogen-bond donors (Lipinski definition) is 0. The number of rotatable bonds is 5. The van der Waals surface area contributed by atoms with Gasteiger partial charge in [-0.15, -0.1) is 11.8 Å². The molecule has 0 radical (unpaired) electrons. The standard InChI is InChI=1S/C21H21FO4S/c1-13-3-7-15(8-4-13)20(23)25-11-18-19(17(22)12-27-18)26-21(24)16-9-5-14(2)6-10-16/h3-10,17-19H,11-12H2,1-2H3/t17-,18+,19-/m0/s1. The predicted octanol–water partition coefficient (Wildman–Crippen LogP) is 4.14. The molecule has 0 aromatic heterocycles. The summed E-state index contributed by atoms with van der Waals surface area (Å²) in [5, 5.41) is -0.427. The average molecular weight is 388 g/mol. The summed E-state index contributed by atoms with van der Waals surface area (Å²) >= 11 is 1.31. The van der Waals surface area contributed by atoms with Crippen LogP contribution in [0.2, 0.25) is 0 Å². The highest BCUT2D eigenvalue weighted by molar-refractivity contribution is 8.00. The highest BCUT2D eigenvalue weighted by Gasteiger charge is 2.41. The summed E-state index contributed by atoms with van der Waals surface area (Å²) in [5.41, 5.74) is 2.88. The predicted molar refractivity (Wildman–Crippen MR) is 103 cm³/mol. The maximum atomic E-state index is 14.2. The third-order valence-corrected chi connectivity index (χ3v) is 5.73. The Morgan fingerprint density at radius 1 is 0.963 bits per heavy atom. The van der Waals surface area contributed by atoms with Crippen LogP contribution in [-0.2, 0) is 9.47 Å². The van der Waals surface area contributed by atoms with Gasteiger partial charge in [-0.2, -0.15) is 0 Å². The summed E-state index contributed by atoms with van der Waals surface area (Å²) in [4.78, 5) is 24.4. The van der Waals surface area contributed by atoms with Crippen LogP contribution in [0.1, 0.15) is 31.8 Å². The quantitative estimate of drug-likeness (QED) is 0.721. The molecule has 3 rings (SSSR count). The molecule has 27 heavy (non-hydrogen) atoms. The minimum atomic E-state index is -1.28. The Morgan fingerprint density at radius 2 is 1.48 bits per heavy atom. The average Bonchev–Trinajstić information content (AvgIpc) is 3.00. The highest BCUT2D eigenvalue weighted by Crippen LogP contribution is 2.32. The Hall–Kier alpha value is -2.34. The molecule has 4 nitrogen and oxygen atoms in total. The van der Waals surface area contributed by atoms with E-state index in [2.05, 4.69) is 0 Å². The van der Waals surface area contributed by atoms with Crippen molar-refractivity contribution in [2.75, 3.05) is 12.4 Å². The summed E-state index contributed by atoms with van der Waals surface area (Å²) in [6.45, 7) is 3.83. The van der Waals surface area contributed by atoms with Gasteiger partial charge in [0.1, 0.15) is 18.9 Å². The molecule has 6 heteroatoms. The van der Waals surface area contributed by atoms with Crippen LogP contribution < -0.4 is 0 Å². The van der Waals surface area contributed by atoms with Crippen molar-refractivity contribution in [2.45, 2.75) is 31.4 Å². The van der Waals surface area contributed by atoms with E-state index in [1.54, 1.807) is 36.4 Å². The SMILES string of the molecule is Cc1ccc(C(=O)OC[C@H]2SC[C@H](F)[C@@H]2OC(=O)c2ccc(C)cc2)cc1. The van der Waals surface area contributed by atoms with Crippen LogP contribution in [0, 0.1) is 13.8 Å². The van der Waals surface area contributed by atoms with Gasteiger partial charge in [0.05, 0.1) is 16.4 Å². The first kappa shape index (κ1) is 19.4. The number of carbonyl (C=O) groups is 2. The number of aryl methyl sites for hydroxylation is 2. The lowest BCUT2D eigenvalue weighted by Gasteiger charge is -2.20. The third-order valence-electron chi connectivity index (χ3n) is 4.39. The Morgan fingerprint density at radius 3 is 2.04 bits per heavy atom. The molecule has 1 heterocycles. The van der Waals surface area contributed by atoms with E-state index in [1.165, 1.54) is 11.8 Å². The molecule has 0 spiro atoms. The molecule has 0 unspecified atom stereocenters. The molecule has 0 amide bonds. The van der Waals surface area contributed by atoms with E-state index in [-0.39, 0.29) is 12.4 Å². The van der Waals surface area contributed by atoms with E-state index in [1.807, 2.05) is 26.0 Å². The van der Waals surface area contributed by atoms with E-state index in [9.17, 15) is 14.0 Å². The van der Waals surface area contributed by atoms with Crippen molar-refractivity contribution in [1.29, 1.82) is 0 Å². The van der Waals surface area contributed by atoms with Gasteiger partial charge in [-0.05, 0) is 38.1 Å². The first-order valence-electron chi connectivity index (χ1n) is 8.71. The van der Waals surface area contributed by atoms with Gasteiger partial charge in [-0.3, -0.25) is 0 Å². The molecular weight excluding hydrogens is 367 g/mol. The molecule has 0 saturated carbocycles. The van der Waals surface area contributed by atoms with Gasteiger partial charge < -0.3 is 9.47 Å². The fourth-order valence-corrected chi connectivity index (χ4v) is 3.94. The van der Waals surface area contributed by atoms with Gasteiger partial charge in [0.15, 0.2) is 0 Å². The van der Waals surface area contributed by atoms with Gasteiger partial charge in [0.2, 0.25) is 0 Å². The van der Waals surface area contributed by atoms with Crippen LogP contribution in [0.25, 0.3) is 0 Å². The lowest BCUT2D eigenvalue weighted by molar-refractivity contribution is 0.00476. The van der Waals surface area contributed by atoms with Gasteiger partial charge in [0.25, 0.3) is 0 Å². The summed E-state index contributed by atoms with van der Waals surface area (Å²) in [6.07, 6.45) is -2.22. The summed E-state index contributed by atoms with van der Waals surface area (Å²) < 4.78 is 24.9.